The minimum Gasteiger partial charge on any atom is -0.362 e. The highest BCUT2D eigenvalue weighted by molar-refractivity contribution is 5.62. The third-order valence-electron chi connectivity index (χ3n) is 4.75. The van der Waals surface area contributed by atoms with Gasteiger partial charge < -0.3 is 20.6 Å². The van der Waals surface area contributed by atoms with Crippen molar-refractivity contribution >= 4 is 24.3 Å². The fourth-order valence-corrected chi connectivity index (χ4v) is 3.58. The number of hydrogen-bond donors (Lipinski definition) is 4. The van der Waals surface area contributed by atoms with Crippen LogP contribution in [0.1, 0.15) is 48.5 Å². The summed E-state index contributed by atoms with van der Waals surface area (Å²) in [5, 5.41) is 7.08. The standard InChI is InChI=1S/C20H20N4/c1-2-14-10-16-5-6-18(23-16)12-20-8-7-19(24-20)11-17-4-3-15(22-17)9-13(1)21-14/h1-2,7-12,21-24H,3-6H2/b15-9-,16-10-,17-11-,18-12-. The average molecular weight is 316 g/mol. The van der Waals surface area contributed by atoms with E-state index in [4.69, 9.17) is 0 Å². The van der Waals surface area contributed by atoms with Crippen LogP contribution in [-0.2, 0) is 0 Å². The quantitative estimate of drug-likeness (QED) is 0.589. The molecule has 0 aromatic carbocycles. The van der Waals surface area contributed by atoms with Crippen LogP contribution in [0.2, 0.25) is 0 Å². The van der Waals surface area contributed by atoms with Gasteiger partial charge in [0.2, 0.25) is 0 Å². The van der Waals surface area contributed by atoms with Gasteiger partial charge in [0.25, 0.3) is 0 Å². The van der Waals surface area contributed by atoms with Crippen molar-refractivity contribution in [1.82, 2.24) is 20.6 Å². The molecule has 0 spiro atoms. The molecule has 2 aromatic heterocycles. The molecule has 2 saturated heterocycles. The largest absolute Gasteiger partial charge is 0.362 e. The second kappa shape index (κ2) is 5.34. The molecule has 4 heteroatoms. The molecule has 0 unspecified atom stereocenters. The minimum atomic E-state index is 1.06. The normalized spacial score (nSPS) is 27.7. The van der Waals surface area contributed by atoms with Crippen LogP contribution >= 0.6 is 0 Å². The van der Waals surface area contributed by atoms with Crippen LogP contribution in [0.5, 0.6) is 0 Å². The maximum absolute atomic E-state index is 3.54. The Morgan fingerprint density at radius 1 is 0.458 bits per heavy atom. The van der Waals surface area contributed by atoms with Gasteiger partial charge in [-0.25, -0.2) is 0 Å². The highest BCUT2D eigenvalue weighted by atomic mass is 14.9. The number of allylic oxidation sites excluding steroid dienone is 4. The van der Waals surface area contributed by atoms with E-state index in [9.17, 15) is 0 Å². The minimum absolute atomic E-state index is 1.06. The summed E-state index contributed by atoms with van der Waals surface area (Å²) in [7, 11) is 0. The van der Waals surface area contributed by atoms with Gasteiger partial charge in [-0.3, -0.25) is 0 Å². The number of nitrogens with one attached hydrogen (secondary N) is 4. The number of aromatic nitrogens is 2. The van der Waals surface area contributed by atoms with Gasteiger partial charge in [-0.1, -0.05) is 0 Å². The second-order valence-corrected chi connectivity index (χ2v) is 6.67. The molecule has 0 amide bonds. The summed E-state index contributed by atoms with van der Waals surface area (Å²) in [6.45, 7) is 0. The van der Waals surface area contributed by atoms with Crippen molar-refractivity contribution in [3.05, 3.63) is 69.8 Å². The summed E-state index contributed by atoms with van der Waals surface area (Å²) < 4.78 is 0. The monoisotopic (exact) mass is 316 g/mol. The lowest BCUT2D eigenvalue weighted by molar-refractivity contribution is 1.06. The van der Waals surface area contributed by atoms with Crippen LogP contribution in [0.15, 0.2) is 47.1 Å². The van der Waals surface area contributed by atoms with E-state index in [0.29, 0.717) is 0 Å². The Hall–Kier alpha value is -2.88. The van der Waals surface area contributed by atoms with Crippen molar-refractivity contribution in [3.63, 3.8) is 0 Å². The molecule has 2 fully saturated rings. The lowest BCUT2D eigenvalue weighted by Gasteiger charge is -2.02. The van der Waals surface area contributed by atoms with E-state index >= 15 is 0 Å². The zero-order valence-corrected chi connectivity index (χ0v) is 13.4. The van der Waals surface area contributed by atoms with Crippen LogP contribution in [0, 0.1) is 0 Å². The molecular formula is C20H20N4. The fraction of sp³-hybridized carbons (Fsp3) is 0.200. The number of H-pyrrole nitrogens is 2. The summed E-state index contributed by atoms with van der Waals surface area (Å²) in [5.41, 5.74) is 9.65. The zero-order chi connectivity index (χ0) is 15.9. The number of hydrogen-bond acceptors (Lipinski definition) is 2. The van der Waals surface area contributed by atoms with Gasteiger partial charge in [-0.15, -0.1) is 0 Å². The van der Waals surface area contributed by atoms with Crippen LogP contribution in [-0.4, -0.2) is 9.97 Å². The molecule has 8 bridgehead atoms. The molecule has 5 rings (SSSR count). The molecule has 120 valence electrons. The lowest BCUT2D eigenvalue weighted by Crippen LogP contribution is -2.03. The predicted molar refractivity (Wildman–Crippen MR) is 98.2 cm³/mol. The SMILES string of the molecule is C1=C2/CC/C(=C/c3ccc([nH]3)/C=C3/CC/C(=C/c4ccc/1[nH]4)N3)N2. The number of rotatable bonds is 0. The highest BCUT2D eigenvalue weighted by Gasteiger charge is 2.14. The van der Waals surface area contributed by atoms with Gasteiger partial charge in [0.05, 0.1) is 0 Å². The van der Waals surface area contributed by atoms with Gasteiger partial charge >= 0.3 is 0 Å². The van der Waals surface area contributed by atoms with E-state index in [1.807, 2.05) is 0 Å². The molecule has 3 aliphatic heterocycles. The van der Waals surface area contributed by atoms with Crippen molar-refractivity contribution in [2.45, 2.75) is 25.7 Å². The Kier molecular flexibility index (Phi) is 3.01. The van der Waals surface area contributed by atoms with Gasteiger partial charge in [-0.05, 0) is 74.3 Å². The molecule has 3 aliphatic rings. The Balaban J connectivity index is 1.59. The van der Waals surface area contributed by atoms with Gasteiger partial charge in [0.1, 0.15) is 0 Å². The van der Waals surface area contributed by atoms with E-state index in [-0.39, 0.29) is 0 Å². The Bertz CT molecular complexity index is 772. The topological polar surface area (TPSA) is 55.6 Å². The van der Waals surface area contributed by atoms with Gasteiger partial charge in [0, 0.05) is 45.6 Å². The molecule has 4 N–H and O–H groups in total. The van der Waals surface area contributed by atoms with E-state index in [0.717, 1.165) is 48.5 Å². The molecule has 4 nitrogen and oxygen atoms in total. The van der Waals surface area contributed by atoms with Crippen LogP contribution in [0.3, 0.4) is 0 Å². The Morgan fingerprint density at radius 3 is 1.04 bits per heavy atom. The van der Waals surface area contributed by atoms with Crippen molar-refractivity contribution in [3.8, 4) is 0 Å². The maximum Gasteiger partial charge on any atom is 0.0402 e. The first-order valence-corrected chi connectivity index (χ1v) is 8.54. The highest BCUT2D eigenvalue weighted by Crippen LogP contribution is 2.26. The molecule has 5 heterocycles. The third-order valence-corrected chi connectivity index (χ3v) is 4.75. The second-order valence-electron chi connectivity index (χ2n) is 6.67. The van der Waals surface area contributed by atoms with E-state index in [1.54, 1.807) is 0 Å². The van der Waals surface area contributed by atoms with Crippen LogP contribution < -0.4 is 10.6 Å². The Morgan fingerprint density at radius 2 is 0.750 bits per heavy atom. The smallest absolute Gasteiger partial charge is 0.0402 e. The van der Waals surface area contributed by atoms with E-state index in [2.05, 4.69) is 69.2 Å². The summed E-state index contributed by atoms with van der Waals surface area (Å²) in [5.74, 6) is 0. The van der Waals surface area contributed by atoms with Crippen molar-refractivity contribution < 1.29 is 0 Å². The predicted octanol–water partition coefficient (Wildman–Crippen LogP) is 4.19. The summed E-state index contributed by atoms with van der Waals surface area (Å²) in [6.07, 6.45) is 13.1. The van der Waals surface area contributed by atoms with Crippen molar-refractivity contribution in [2.75, 3.05) is 0 Å². The van der Waals surface area contributed by atoms with E-state index < -0.39 is 0 Å². The van der Waals surface area contributed by atoms with Crippen molar-refractivity contribution in [1.29, 1.82) is 0 Å². The van der Waals surface area contributed by atoms with E-state index in [1.165, 1.54) is 22.8 Å². The number of fused-ring (bicyclic) bond motifs is 8. The summed E-state index contributed by atoms with van der Waals surface area (Å²) in [6, 6.07) is 8.57. The average Bonchev–Trinajstić information content (AvgIpc) is 3.32. The first-order chi connectivity index (χ1) is 11.8. The molecule has 24 heavy (non-hydrogen) atoms. The molecule has 0 atom stereocenters. The zero-order valence-electron chi connectivity index (χ0n) is 13.4. The fourth-order valence-electron chi connectivity index (χ4n) is 3.58. The molecular weight excluding hydrogens is 296 g/mol. The lowest BCUT2D eigenvalue weighted by atomic mass is 10.2. The molecule has 2 aromatic rings. The molecule has 0 radical (unpaired) electrons. The summed E-state index contributed by atoms with van der Waals surface area (Å²) >= 11 is 0. The Labute approximate surface area is 141 Å². The van der Waals surface area contributed by atoms with Gasteiger partial charge in [-0.2, -0.15) is 0 Å². The number of aromatic amines is 2. The first kappa shape index (κ1) is 13.5. The molecule has 0 aliphatic carbocycles. The third kappa shape index (κ3) is 2.60. The van der Waals surface area contributed by atoms with Crippen molar-refractivity contribution in [2.24, 2.45) is 0 Å². The summed E-state index contributed by atoms with van der Waals surface area (Å²) in [4.78, 5) is 6.97. The maximum atomic E-state index is 3.54. The first-order valence-electron chi connectivity index (χ1n) is 8.54. The molecule has 0 saturated carbocycles. The van der Waals surface area contributed by atoms with Crippen LogP contribution in [0.25, 0.3) is 24.3 Å². The van der Waals surface area contributed by atoms with Gasteiger partial charge in [0.15, 0.2) is 0 Å². The van der Waals surface area contributed by atoms with Crippen LogP contribution in [0.4, 0.5) is 0 Å².